The second kappa shape index (κ2) is 8.63. The molecule has 0 radical (unpaired) electrons. The van der Waals surface area contributed by atoms with Crippen LogP contribution in [0.15, 0.2) is 42.0 Å². The summed E-state index contributed by atoms with van der Waals surface area (Å²) < 4.78 is 5.43. The maximum Gasteiger partial charge on any atom is 0.335 e. The second-order valence-electron chi connectivity index (χ2n) is 9.63. The molecule has 1 N–H and O–H groups in total. The van der Waals surface area contributed by atoms with Crippen LogP contribution in [0.1, 0.15) is 56.7 Å². The minimum atomic E-state index is -0.768. The zero-order valence-corrected chi connectivity index (χ0v) is 20.6. The number of imide groups is 2. The molecule has 4 amide bonds. The van der Waals surface area contributed by atoms with Gasteiger partial charge in [0.1, 0.15) is 11.3 Å². The summed E-state index contributed by atoms with van der Waals surface area (Å²) in [4.78, 5) is 41.8. The number of aryl methyl sites for hydroxylation is 1. The maximum absolute atomic E-state index is 13.3. The van der Waals surface area contributed by atoms with Crippen LogP contribution in [0, 0.1) is 6.92 Å². The second-order valence-corrected chi connectivity index (χ2v) is 9.63. The van der Waals surface area contributed by atoms with E-state index in [1.807, 2.05) is 13.8 Å². The van der Waals surface area contributed by atoms with Crippen LogP contribution in [-0.4, -0.2) is 37.0 Å². The van der Waals surface area contributed by atoms with Gasteiger partial charge in [-0.25, -0.2) is 9.69 Å². The van der Waals surface area contributed by atoms with E-state index in [1.165, 1.54) is 5.56 Å². The predicted molar refractivity (Wildman–Crippen MR) is 133 cm³/mol. The van der Waals surface area contributed by atoms with E-state index in [2.05, 4.69) is 50.2 Å². The maximum atomic E-state index is 13.3. The van der Waals surface area contributed by atoms with Crippen molar-refractivity contribution >= 4 is 35.3 Å². The predicted octanol–water partition coefficient (Wildman–Crippen LogP) is 4.78. The molecule has 4 rings (SSSR count). The molecule has 2 aromatic rings. The van der Waals surface area contributed by atoms with Gasteiger partial charge in [-0.1, -0.05) is 6.92 Å². The average Bonchev–Trinajstić information content (AvgIpc) is 2.76. The van der Waals surface area contributed by atoms with E-state index in [-0.39, 0.29) is 11.1 Å². The van der Waals surface area contributed by atoms with Crippen molar-refractivity contribution in [3.63, 3.8) is 0 Å². The Hall–Kier alpha value is -3.61. The molecule has 178 valence electrons. The number of anilines is 2. The summed E-state index contributed by atoms with van der Waals surface area (Å²) in [5, 5.41) is 2.30. The largest absolute Gasteiger partial charge is 0.494 e. The molecule has 7 heteroatoms. The van der Waals surface area contributed by atoms with Crippen LogP contribution in [0.3, 0.4) is 0 Å². The van der Waals surface area contributed by atoms with Gasteiger partial charge in [0.15, 0.2) is 0 Å². The third kappa shape index (κ3) is 4.06. The van der Waals surface area contributed by atoms with Gasteiger partial charge in [0, 0.05) is 18.3 Å². The molecular weight excluding hydrogens is 430 g/mol. The standard InChI is InChI=1S/C27H31N3O4/c1-7-34-20-10-8-19(9-11-20)30-25(32)22(24(31)28-26(30)33)14-18-13-21-17(3)15-27(4,5)29(6)23(21)12-16(18)2/h8-14,17H,7,15H2,1-6H3,(H,28,31,33)/b22-14+/t17-/m0/s1. The molecule has 1 atom stereocenters. The van der Waals surface area contributed by atoms with Crippen molar-refractivity contribution in [3.8, 4) is 5.75 Å². The highest BCUT2D eigenvalue weighted by Crippen LogP contribution is 2.43. The minimum Gasteiger partial charge on any atom is -0.494 e. The van der Waals surface area contributed by atoms with Gasteiger partial charge in [-0.3, -0.25) is 14.9 Å². The molecule has 7 nitrogen and oxygen atoms in total. The van der Waals surface area contributed by atoms with Crippen molar-refractivity contribution in [3.05, 3.63) is 58.7 Å². The van der Waals surface area contributed by atoms with Crippen LogP contribution < -0.4 is 19.9 Å². The molecule has 1 fully saturated rings. The van der Waals surface area contributed by atoms with Crippen LogP contribution >= 0.6 is 0 Å². The first-order valence-electron chi connectivity index (χ1n) is 11.6. The fourth-order valence-corrected chi connectivity index (χ4v) is 4.80. The molecule has 2 heterocycles. The Balaban J connectivity index is 1.72. The third-order valence-electron chi connectivity index (χ3n) is 6.83. The van der Waals surface area contributed by atoms with Crippen LogP contribution in [0.2, 0.25) is 0 Å². The number of hydrogen-bond donors (Lipinski definition) is 1. The van der Waals surface area contributed by atoms with Crippen molar-refractivity contribution in [2.24, 2.45) is 0 Å². The van der Waals surface area contributed by atoms with Crippen LogP contribution in [0.5, 0.6) is 5.75 Å². The number of rotatable bonds is 4. The lowest BCUT2D eigenvalue weighted by Gasteiger charge is -2.45. The monoisotopic (exact) mass is 461 g/mol. The summed E-state index contributed by atoms with van der Waals surface area (Å²) >= 11 is 0. The summed E-state index contributed by atoms with van der Waals surface area (Å²) in [6.45, 7) is 11.0. The zero-order chi connectivity index (χ0) is 24.8. The molecule has 2 aliphatic rings. The number of nitrogens with zero attached hydrogens (tertiary/aromatic N) is 2. The molecule has 34 heavy (non-hydrogen) atoms. The first kappa shape index (κ1) is 23.5. The number of amides is 4. The lowest BCUT2D eigenvalue weighted by atomic mass is 9.79. The quantitative estimate of drug-likeness (QED) is 0.524. The van der Waals surface area contributed by atoms with Crippen molar-refractivity contribution in [1.29, 1.82) is 0 Å². The van der Waals surface area contributed by atoms with Crippen LogP contribution in [0.25, 0.3) is 6.08 Å². The number of benzene rings is 2. The molecule has 0 aliphatic carbocycles. The summed E-state index contributed by atoms with van der Waals surface area (Å²) in [5.74, 6) is -0.381. The summed E-state index contributed by atoms with van der Waals surface area (Å²) in [7, 11) is 2.10. The van der Waals surface area contributed by atoms with E-state index in [9.17, 15) is 14.4 Å². The van der Waals surface area contributed by atoms with Gasteiger partial charge in [0.05, 0.1) is 12.3 Å². The first-order chi connectivity index (χ1) is 16.0. The van der Waals surface area contributed by atoms with Gasteiger partial charge in [-0.05, 0) is 99.2 Å². The molecule has 1 saturated heterocycles. The van der Waals surface area contributed by atoms with E-state index in [0.717, 1.165) is 28.1 Å². The Bertz CT molecular complexity index is 1200. The molecule has 0 aromatic heterocycles. The normalized spacial score (nSPS) is 20.9. The smallest absolute Gasteiger partial charge is 0.335 e. The SMILES string of the molecule is CCOc1ccc(N2C(=O)NC(=O)/C(=C\c3cc4c(cc3C)N(C)C(C)(C)C[C@@H]4C)C2=O)cc1. The fourth-order valence-electron chi connectivity index (χ4n) is 4.80. The van der Waals surface area contributed by atoms with Gasteiger partial charge in [-0.15, -0.1) is 0 Å². The molecular formula is C27H31N3O4. The Morgan fingerprint density at radius 1 is 1.15 bits per heavy atom. The number of ether oxygens (including phenoxy) is 1. The Kier molecular flexibility index (Phi) is 5.98. The molecule has 0 bridgehead atoms. The summed E-state index contributed by atoms with van der Waals surface area (Å²) in [6, 6.07) is 10.0. The highest BCUT2D eigenvalue weighted by Gasteiger charge is 2.38. The van der Waals surface area contributed by atoms with Gasteiger partial charge in [0.2, 0.25) is 0 Å². The van der Waals surface area contributed by atoms with E-state index in [0.29, 0.717) is 24.0 Å². The number of nitrogens with one attached hydrogen (secondary N) is 1. The molecule has 0 unspecified atom stereocenters. The van der Waals surface area contributed by atoms with Gasteiger partial charge in [0.25, 0.3) is 11.8 Å². The number of hydrogen-bond acceptors (Lipinski definition) is 5. The van der Waals surface area contributed by atoms with Gasteiger partial charge < -0.3 is 9.64 Å². The number of barbiturate groups is 1. The number of carbonyl (C=O) groups excluding carboxylic acids is 3. The first-order valence-corrected chi connectivity index (χ1v) is 11.6. The molecule has 0 saturated carbocycles. The number of urea groups is 1. The topological polar surface area (TPSA) is 79.0 Å². The highest BCUT2D eigenvalue weighted by atomic mass is 16.5. The van der Waals surface area contributed by atoms with E-state index >= 15 is 0 Å². The lowest BCUT2D eigenvalue weighted by molar-refractivity contribution is -0.122. The number of carbonyl (C=O) groups is 3. The molecule has 2 aromatic carbocycles. The van der Waals surface area contributed by atoms with Crippen LogP contribution in [-0.2, 0) is 9.59 Å². The number of fused-ring (bicyclic) bond motifs is 1. The van der Waals surface area contributed by atoms with Crippen molar-refractivity contribution in [2.45, 2.75) is 52.5 Å². The summed E-state index contributed by atoms with van der Waals surface area (Å²) in [6.07, 6.45) is 2.59. The summed E-state index contributed by atoms with van der Waals surface area (Å²) in [5.41, 5.74) is 4.41. The van der Waals surface area contributed by atoms with E-state index in [1.54, 1.807) is 30.3 Å². The fraction of sp³-hybridized carbons (Fsp3) is 0.370. The van der Waals surface area contributed by atoms with Crippen LogP contribution in [0.4, 0.5) is 16.2 Å². The third-order valence-corrected chi connectivity index (χ3v) is 6.83. The average molecular weight is 462 g/mol. The Morgan fingerprint density at radius 3 is 2.47 bits per heavy atom. The van der Waals surface area contributed by atoms with Crippen molar-refractivity contribution in [2.75, 3.05) is 23.5 Å². The lowest BCUT2D eigenvalue weighted by Crippen LogP contribution is -2.54. The highest BCUT2D eigenvalue weighted by molar-refractivity contribution is 6.39. The van der Waals surface area contributed by atoms with Crippen molar-refractivity contribution < 1.29 is 19.1 Å². The van der Waals surface area contributed by atoms with Gasteiger partial charge in [-0.2, -0.15) is 0 Å². The Morgan fingerprint density at radius 2 is 1.82 bits per heavy atom. The van der Waals surface area contributed by atoms with Crippen molar-refractivity contribution in [1.82, 2.24) is 5.32 Å². The van der Waals surface area contributed by atoms with Gasteiger partial charge >= 0.3 is 6.03 Å². The van der Waals surface area contributed by atoms with E-state index < -0.39 is 17.8 Å². The zero-order valence-electron chi connectivity index (χ0n) is 20.6. The Labute approximate surface area is 200 Å². The van der Waals surface area contributed by atoms with E-state index in [4.69, 9.17) is 4.74 Å². The molecule has 0 spiro atoms. The minimum absolute atomic E-state index is 0.0383. The molecule has 2 aliphatic heterocycles.